The monoisotopic (exact) mass is 347 g/mol. The first kappa shape index (κ1) is 15.8. The molecule has 0 atom stereocenters. The Balaban J connectivity index is 2.17. The standard InChI is InChI=1S/C15H11ClFN5O2/c16-8-3-1-2-7(12(8)17)13-11(24-15(19)23)6-10(21-13)9-4-5-20-14(18)22-9/h1-6,21H,(H2,19,23)(H2,18,20,22). The van der Waals surface area contributed by atoms with Crippen LogP contribution in [0.1, 0.15) is 0 Å². The second kappa shape index (κ2) is 6.17. The lowest BCUT2D eigenvalue weighted by atomic mass is 10.1. The van der Waals surface area contributed by atoms with Gasteiger partial charge in [-0.3, -0.25) is 0 Å². The van der Waals surface area contributed by atoms with Crippen molar-refractivity contribution < 1.29 is 13.9 Å². The molecule has 0 aliphatic heterocycles. The number of hydrogen-bond acceptors (Lipinski definition) is 5. The lowest BCUT2D eigenvalue weighted by molar-refractivity contribution is 0.211. The zero-order chi connectivity index (χ0) is 17.3. The number of nitrogens with two attached hydrogens (primary N) is 2. The van der Waals surface area contributed by atoms with Gasteiger partial charge in [0.1, 0.15) is 0 Å². The van der Waals surface area contributed by atoms with Gasteiger partial charge < -0.3 is 21.2 Å². The number of nitrogens with one attached hydrogen (secondary N) is 1. The van der Waals surface area contributed by atoms with Crippen molar-refractivity contribution in [3.8, 4) is 28.4 Å². The predicted octanol–water partition coefficient (Wildman–Crippen LogP) is 2.97. The Hall–Kier alpha value is -3.13. The minimum atomic E-state index is -1.04. The maximum Gasteiger partial charge on any atom is 0.410 e. The molecule has 5 N–H and O–H groups in total. The Kier molecular flexibility index (Phi) is 4.05. The van der Waals surface area contributed by atoms with Crippen LogP contribution in [0, 0.1) is 5.82 Å². The molecular weight excluding hydrogens is 337 g/mol. The van der Waals surface area contributed by atoms with Crippen molar-refractivity contribution >= 4 is 23.6 Å². The molecule has 3 aromatic rings. The number of carbonyl (C=O) groups excluding carboxylic acids is 1. The van der Waals surface area contributed by atoms with Crippen LogP contribution in [0.5, 0.6) is 5.75 Å². The molecule has 1 aromatic carbocycles. The van der Waals surface area contributed by atoms with Crippen molar-refractivity contribution in [1.29, 1.82) is 0 Å². The number of ether oxygens (including phenoxy) is 1. The number of H-pyrrole nitrogens is 1. The maximum atomic E-state index is 14.3. The minimum Gasteiger partial charge on any atom is -0.408 e. The normalized spacial score (nSPS) is 10.6. The molecule has 0 spiro atoms. The van der Waals surface area contributed by atoms with Crippen LogP contribution in [0.2, 0.25) is 5.02 Å². The highest BCUT2D eigenvalue weighted by molar-refractivity contribution is 6.31. The lowest BCUT2D eigenvalue weighted by Gasteiger charge is -2.05. The van der Waals surface area contributed by atoms with Gasteiger partial charge in [-0.25, -0.2) is 19.2 Å². The van der Waals surface area contributed by atoms with Gasteiger partial charge in [0.25, 0.3) is 0 Å². The van der Waals surface area contributed by atoms with E-state index in [1.807, 2.05) is 0 Å². The highest BCUT2D eigenvalue weighted by atomic mass is 35.5. The largest absolute Gasteiger partial charge is 0.410 e. The van der Waals surface area contributed by atoms with Gasteiger partial charge in [-0.1, -0.05) is 17.7 Å². The van der Waals surface area contributed by atoms with Crippen molar-refractivity contribution in [2.75, 3.05) is 5.73 Å². The molecule has 0 radical (unpaired) electrons. The summed E-state index contributed by atoms with van der Waals surface area (Å²) in [6.45, 7) is 0. The number of nitrogen functional groups attached to an aromatic ring is 1. The van der Waals surface area contributed by atoms with Crippen molar-refractivity contribution in [2.24, 2.45) is 5.73 Å². The van der Waals surface area contributed by atoms with E-state index in [0.717, 1.165) is 0 Å². The average Bonchev–Trinajstić information content (AvgIpc) is 2.93. The van der Waals surface area contributed by atoms with E-state index in [9.17, 15) is 9.18 Å². The van der Waals surface area contributed by atoms with E-state index in [2.05, 4.69) is 15.0 Å². The summed E-state index contributed by atoms with van der Waals surface area (Å²) in [6.07, 6.45) is 0.429. The smallest absolute Gasteiger partial charge is 0.408 e. The highest BCUT2D eigenvalue weighted by Gasteiger charge is 2.19. The maximum absolute atomic E-state index is 14.3. The molecule has 2 heterocycles. The Morgan fingerprint density at radius 2 is 2.12 bits per heavy atom. The van der Waals surface area contributed by atoms with Crippen LogP contribution in [0.15, 0.2) is 36.5 Å². The topological polar surface area (TPSA) is 120 Å². The third-order valence-corrected chi connectivity index (χ3v) is 3.46. The van der Waals surface area contributed by atoms with Crippen molar-refractivity contribution in [2.45, 2.75) is 0 Å². The summed E-state index contributed by atoms with van der Waals surface area (Å²) < 4.78 is 19.3. The predicted molar refractivity (Wildman–Crippen MR) is 86.8 cm³/mol. The fraction of sp³-hybridized carbons (Fsp3) is 0. The fourth-order valence-corrected chi connectivity index (χ4v) is 2.36. The van der Waals surface area contributed by atoms with Crippen LogP contribution in [0.3, 0.4) is 0 Å². The first-order chi connectivity index (χ1) is 11.5. The van der Waals surface area contributed by atoms with E-state index in [1.165, 1.54) is 24.4 Å². The van der Waals surface area contributed by atoms with Crippen LogP contribution in [0.25, 0.3) is 22.6 Å². The molecule has 0 aliphatic carbocycles. The molecule has 0 saturated heterocycles. The van der Waals surface area contributed by atoms with Gasteiger partial charge in [0.05, 0.1) is 22.1 Å². The molecule has 9 heteroatoms. The zero-order valence-electron chi connectivity index (χ0n) is 12.1. The van der Waals surface area contributed by atoms with Gasteiger partial charge in [0.15, 0.2) is 11.6 Å². The SMILES string of the molecule is NC(=O)Oc1cc(-c2ccnc(N)n2)[nH]c1-c1cccc(Cl)c1F. The van der Waals surface area contributed by atoms with Crippen LogP contribution >= 0.6 is 11.6 Å². The Labute approximate surface area is 140 Å². The summed E-state index contributed by atoms with van der Waals surface area (Å²) in [5, 5.41) is -0.0695. The lowest BCUT2D eigenvalue weighted by Crippen LogP contribution is -2.16. The van der Waals surface area contributed by atoms with E-state index < -0.39 is 11.9 Å². The number of nitrogens with zero attached hydrogens (tertiary/aromatic N) is 2. The third-order valence-electron chi connectivity index (χ3n) is 3.16. The quantitative estimate of drug-likeness (QED) is 0.672. The van der Waals surface area contributed by atoms with Gasteiger partial charge in [-0.15, -0.1) is 0 Å². The number of carbonyl (C=O) groups is 1. The molecule has 122 valence electrons. The number of benzene rings is 1. The molecule has 0 bridgehead atoms. The van der Waals surface area contributed by atoms with Gasteiger partial charge >= 0.3 is 6.09 Å². The Morgan fingerprint density at radius 1 is 1.33 bits per heavy atom. The molecule has 3 rings (SSSR count). The number of amides is 1. The summed E-state index contributed by atoms with van der Waals surface area (Å²) in [4.78, 5) is 21.9. The molecule has 24 heavy (non-hydrogen) atoms. The van der Waals surface area contributed by atoms with E-state index in [-0.39, 0.29) is 28.0 Å². The van der Waals surface area contributed by atoms with E-state index >= 15 is 0 Å². The second-order valence-electron chi connectivity index (χ2n) is 4.74. The van der Waals surface area contributed by atoms with Crippen molar-refractivity contribution in [3.05, 3.63) is 47.4 Å². The third kappa shape index (κ3) is 2.99. The van der Waals surface area contributed by atoms with Gasteiger partial charge in [-0.2, -0.15) is 0 Å². The molecule has 0 aliphatic rings. The Morgan fingerprint density at radius 3 is 2.83 bits per heavy atom. The van der Waals surface area contributed by atoms with Crippen LogP contribution in [0.4, 0.5) is 15.1 Å². The number of rotatable bonds is 3. The van der Waals surface area contributed by atoms with Gasteiger partial charge in [-0.05, 0) is 18.2 Å². The molecule has 0 unspecified atom stereocenters. The molecule has 0 fully saturated rings. The molecule has 1 amide bonds. The number of aromatic amines is 1. The van der Waals surface area contributed by atoms with Crippen LogP contribution < -0.4 is 16.2 Å². The summed E-state index contributed by atoms with van der Waals surface area (Å²) >= 11 is 5.81. The highest BCUT2D eigenvalue weighted by Crippen LogP contribution is 2.36. The van der Waals surface area contributed by atoms with Crippen LogP contribution in [-0.4, -0.2) is 21.0 Å². The van der Waals surface area contributed by atoms with Gasteiger partial charge in [0, 0.05) is 17.8 Å². The fourth-order valence-electron chi connectivity index (χ4n) is 2.18. The molecular formula is C15H11ClFN5O2. The van der Waals surface area contributed by atoms with E-state index in [1.54, 1.807) is 12.1 Å². The zero-order valence-corrected chi connectivity index (χ0v) is 12.8. The van der Waals surface area contributed by atoms with E-state index in [4.69, 9.17) is 27.8 Å². The number of halogens is 2. The Bertz CT molecular complexity index is 928. The van der Waals surface area contributed by atoms with E-state index in [0.29, 0.717) is 11.4 Å². The summed E-state index contributed by atoms with van der Waals surface area (Å²) in [6, 6.07) is 7.51. The molecule has 2 aromatic heterocycles. The first-order valence-electron chi connectivity index (χ1n) is 6.69. The van der Waals surface area contributed by atoms with Crippen molar-refractivity contribution in [3.63, 3.8) is 0 Å². The summed E-state index contributed by atoms with van der Waals surface area (Å²) in [5.74, 6) is -0.560. The minimum absolute atomic E-state index is 0.0378. The average molecular weight is 348 g/mol. The molecule has 7 nitrogen and oxygen atoms in total. The summed E-state index contributed by atoms with van der Waals surface area (Å²) in [5.41, 5.74) is 11.8. The van der Waals surface area contributed by atoms with Gasteiger partial charge in [0.2, 0.25) is 5.95 Å². The molecule has 0 saturated carbocycles. The number of anilines is 1. The van der Waals surface area contributed by atoms with Crippen LogP contribution in [-0.2, 0) is 0 Å². The number of primary amides is 1. The second-order valence-corrected chi connectivity index (χ2v) is 5.15. The summed E-state index contributed by atoms with van der Waals surface area (Å²) in [7, 11) is 0. The van der Waals surface area contributed by atoms with Crippen molar-refractivity contribution in [1.82, 2.24) is 15.0 Å². The first-order valence-corrected chi connectivity index (χ1v) is 7.07. The number of hydrogen-bond donors (Lipinski definition) is 3. The number of aromatic nitrogens is 3.